The van der Waals surface area contributed by atoms with E-state index >= 15 is 0 Å². The predicted octanol–water partition coefficient (Wildman–Crippen LogP) is 2.86. The van der Waals surface area contributed by atoms with E-state index in [0.29, 0.717) is 11.3 Å². The van der Waals surface area contributed by atoms with E-state index in [1.54, 1.807) is 0 Å². The van der Waals surface area contributed by atoms with Crippen LogP contribution in [0.1, 0.15) is 0 Å². The molecule has 1 aromatic heterocycles. The number of nitrogens with one attached hydrogen (secondary N) is 2. The van der Waals surface area contributed by atoms with Gasteiger partial charge in [0.05, 0.1) is 12.3 Å². The van der Waals surface area contributed by atoms with Crippen LogP contribution in [-0.2, 0) is 9.59 Å². The molecule has 0 fully saturated rings. The van der Waals surface area contributed by atoms with Crippen molar-refractivity contribution >= 4 is 29.3 Å². The highest BCUT2D eigenvalue weighted by Crippen LogP contribution is 2.23. The molecule has 0 aliphatic heterocycles. The number of carbonyl (C=O) groups is 2. The number of carbonyl (C=O) groups excluding carboxylic acids is 2. The maximum Gasteiger partial charge on any atom is 0.277 e. The van der Waals surface area contributed by atoms with Gasteiger partial charge in [0.15, 0.2) is 0 Å². The number of nitrogens with zero attached hydrogens (tertiary/aromatic N) is 2. The Labute approximate surface area is 162 Å². The second-order valence-corrected chi connectivity index (χ2v) is 6.43. The zero-order valence-corrected chi connectivity index (χ0v) is 15.1. The van der Waals surface area contributed by atoms with Gasteiger partial charge in [-0.1, -0.05) is 11.8 Å². The van der Waals surface area contributed by atoms with Crippen LogP contribution < -0.4 is 10.6 Å². The number of thioether (sulfide) groups is 1. The summed E-state index contributed by atoms with van der Waals surface area (Å²) >= 11 is 1.00. The van der Waals surface area contributed by atoms with E-state index < -0.39 is 17.6 Å². The topological polar surface area (TPSA) is 97.1 Å². The maximum absolute atomic E-state index is 12.9. The predicted molar refractivity (Wildman–Crippen MR) is 98.5 cm³/mol. The summed E-state index contributed by atoms with van der Waals surface area (Å²) in [6, 6.07) is 10.8. The van der Waals surface area contributed by atoms with Crippen molar-refractivity contribution < 1.29 is 22.8 Å². The Kier molecular flexibility index (Phi) is 6.33. The third-order valence-electron chi connectivity index (χ3n) is 3.40. The van der Waals surface area contributed by atoms with Crippen LogP contribution in [0, 0.1) is 11.6 Å². The van der Waals surface area contributed by atoms with Gasteiger partial charge in [-0.3, -0.25) is 9.59 Å². The van der Waals surface area contributed by atoms with E-state index in [1.165, 1.54) is 48.5 Å². The number of aromatic nitrogens is 2. The number of benzene rings is 2. The molecule has 0 bridgehead atoms. The maximum atomic E-state index is 12.9. The van der Waals surface area contributed by atoms with Gasteiger partial charge in [-0.2, -0.15) is 0 Å². The van der Waals surface area contributed by atoms with Crippen LogP contribution in [0.5, 0.6) is 0 Å². The van der Waals surface area contributed by atoms with Crippen molar-refractivity contribution in [3.63, 3.8) is 0 Å². The lowest BCUT2D eigenvalue weighted by Gasteiger charge is -2.06. The van der Waals surface area contributed by atoms with Crippen LogP contribution in [-0.4, -0.2) is 34.3 Å². The van der Waals surface area contributed by atoms with Crippen molar-refractivity contribution in [2.75, 3.05) is 17.6 Å². The molecule has 0 spiro atoms. The van der Waals surface area contributed by atoms with E-state index in [-0.39, 0.29) is 29.2 Å². The Morgan fingerprint density at radius 2 is 1.57 bits per heavy atom. The highest BCUT2D eigenvalue weighted by molar-refractivity contribution is 7.99. The number of rotatable bonds is 7. The molecule has 3 aromatic rings. The standard InChI is InChI=1S/C18H14F2N4O3S/c19-12-3-1-11(2-4-12)17-23-24-18(27-17)28-10-16(26)21-9-15(25)22-14-7-5-13(20)6-8-14/h1-8H,9-10H2,(H,21,26)(H,22,25). The van der Waals surface area contributed by atoms with Gasteiger partial charge in [-0.25, -0.2) is 8.78 Å². The number of amides is 2. The monoisotopic (exact) mass is 404 g/mol. The highest BCUT2D eigenvalue weighted by Gasteiger charge is 2.12. The SMILES string of the molecule is O=C(CSc1nnc(-c2ccc(F)cc2)o1)NCC(=O)Nc1ccc(F)cc1. The highest BCUT2D eigenvalue weighted by atomic mass is 32.2. The van der Waals surface area contributed by atoms with Crippen LogP contribution in [0.4, 0.5) is 14.5 Å². The van der Waals surface area contributed by atoms with Crippen molar-refractivity contribution in [2.45, 2.75) is 5.22 Å². The smallest absolute Gasteiger partial charge is 0.277 e. The third-order valence-corrected chi connectivity index (χ3v) is 4.22. The molecule has 0 unspecified atom stereocenters. The molecule has 0 aliphatic rings. The zero-order valence-electron chi connectivity index (χ0n) is 14.3. The molecule has 0 radical (unpaired) electrons. The Hall–Kier alpha value is -3.27. The largest absolute Gasteiger partial charge is 0.411 e. The summed E-state index contributed by atoms with van der Waals surface area (Å²) in [7, 11) is 0. The molecule has 144 valence electrons. The third kappa shape index (κ3) is 5.61. The lowest BCUT2D eigenvalue weighted by Crippen LogP contribution is -2.33. The van der Waals surface area contributed by atoms with Crippen molar-refractivity contribution in [3.8, 4) is 11.5 Å². The average molecular weight is 404 g/mol. The number of anilines is 1. The molecule has 2 amide bonds. The molecular formula is C18H14F2N4O3S. The summed E-state index contributed by atoms with van der Waals surface area (Å²) in [6.45, 7) is -0.235. The van der Waals surface area contributed by atoms with Crippen molar-refractivity contribution in [2.24, 2.45) is 0 Å². The van der Waals surface area contributed by atoms with Gasteiger partial charge in [0, 0.05) is 11.3 Å². The van der Waals surface area contributed by atoms with E-state index in [2.05, 4.69) is 20.8 Å². The summed E-state index contributed by atoms with van der Waals surface area (Å²) in [5, 5.41) is 12.8. The molecule has 2 aromatic carbocycles. The van der Waals surface area contributed by atoms with Gasteiger partial charge in [0.2, 0.25) is 17.7 Å². The van der Waals surface area contributed by atoms with Crippen LogP contribution in [0.3, 0.4) is 0 Å². The van der Waals surface area contributed by atoms with Gasteiger partial charge < -0.3 is 15.1 Å². The van der Waals surface area contributed by atoms with E-state index in [1.807, 2.05) is 0 Å². The minimum Gasteiger partial charge on any atom is -0.411 e. The molecular weight excluding hydrogens is 390 g/mol. The minimum atomic E-state index is -0.443. The molecule has 7 nitrogen and oxygen atoms in total. The molecule has 2 N–H and O–H groups in total. The summed E-state index contributed by atoms with van der Waals surface area (Å²) in [4.78, 5) is 23.6. The van der Waals surface area contributed by atoms with Crippen LogP contribution >= 0.6 is 11.8 Å². The molecule has 0 aliphatic carbocycles. The molecule has 10 heteroatoms. The van der Waals surface area contributed by atoms with E-state index in [9.17, 15) is 18.4 Å². The second-order valence-electron chi connectivity index (χ2n) is 5.50. The van der Waals surface area contributed by atoms with Crippen molar-refractivity contribution in [1.82, 2.24) is 15.5 Å². The molecule has 28 heavy (non-hydrogen) atoms. The first kappa shape index (κ1) is 19.5. The quantitative estimate of drug-likeness (QED) is 0.588. The van der Waals surface area contributed by atoms with Gasteiger partial charge in [-0.05, 0) is 48.5 Å². The normalized spacial score (nSPS) is 10.5. The van der Waals surface area contributed by atoms with Crippen molar-refractivity contribution in [3.05, 3.63) is 60.2 Å². The average Bonchev–Trinajstić information content (AvgIpc) is 3.16. The lowest BCUT2D eigenvalue weighted by molar-refractivity contribution is -0.122. The van der Waals surface area contributed by atoms with Crippen LogP contribution in [0.25, 0.3) is 11.5 Å². The molecule has 0 saturated heterocycles. The summed E-state index contributed by atoms with van der Waals surface area (Å²) in [5.74, 6) is -1.46. The first-order valence-corrected chi connectivity index (χ1v) is 9.02. The van der Waals surface area contributed by atoms with E-state index in [4.69, 9.17) is 4.42 Å². The van der Waals surface area contributed by atoms with Gasteiger partial charge in [0.25, 0.3) is 5.22 Å². The fourth-order valence-electron chi connectivity index (χ4n) is 2.07. The zero-order chi connectivity index (χ0) is 19.9. The first-order chi connectivity index (χ1) is 13.5. The molecule has 0 saturated carbocycles. The van der Waals surface area contributed by atoms with Gasteiger partial charge in [0.1, 0.15) is 11.6 Å². The number of hydrogen-bond acceptors (Lipinski definition) is 6. The Morgan fingerprint density at radius 1 is 0.929 bits per heavy atom. The molecule has 0 atom stereocenters. The Morgan fingerprint density at radius 3 is 2.25 bits per heavy atom. The fourth-order valence-corrected chi connectivity index (χ4v) is 2.67. The molecule has 3 rings (SSSR count). The summed E-state index contributed by atoms with van der Waals surface area (Å²) in [5.41, 5.74) is 0.983. The van der Waals surface area contributed by atoms with Gasteiger partial charge in [-0.15, -0.1) is 10.2 Å². The number of hydrogen-bond donors (Lipinski definition) is 2. The summed E-state index contributed by atoms with van der Waals surface area (Å²) < 4.78 is 31.1. The number of halogens is 2. The van der Waals surface area contributed by atoms with E-state index in [0.717, 1.165) is 11.8 Å². The first-order valence-electron chi connectivity index (χ1n) is 8.04. The van der Waals surface area contributed by atoms with Crippen LogP contribution in [0.15, 0.2) is 58.2 Å². The minimum absolute atomic E-state index is 0.0329. The summed E-state index contributed by atoms with van der Waals surface area (Å²) in [6.07, 6.45) is 0. The van der Waals surface area contributed by atoms with Gasteiger partial charge >= 0.3 is 0 Å². The second kappa shape index (κ2) is 9.09. The Bertz CT molecular complexity index is 962. The molecule has 1 heterocycles. The fraction of sp³-hybridized carbons (Fsp3) is 0.111. The van der Waals surface area contributed by atoms with Crippen LogP contribution in [0.2, 0.25) is 0 Å². The lowest BCUT2D eigenvalue weighted by atomic mass is 10.2. The van der Waals surface area contributed by atoms with Crippen molar-refractivity contribution in [1.29, 1.82) is 0 Å². The Balaban J connectivity index is 1.42.